The Balaban J connectivity index is 3.06. The van der Waals surface area contributed by atoms with Crippen molar-refractivity contribution >= 4 is 15.9 Å². The fourth-order valence-electron chi connectivity index (χ4n) is 1.23. The quantitative estimate of drug-likeness (QED) is 0.882. The van der Waals surface area contributed by atoms with E-state index in [9.17, 15) is 13.2 Å². The number of halogens is 4. The van der Waals surface area contributed by atoms with E-state index in [2.05, 4.69) is 15.9 Å². The predicted molar refractivity (Wildman–Crippen MR) is 54.5 cm³/mol. The number of alkyl halides is 3. The number of hydrogen-bond acceptors (Lipinski definition) is 1. The van der Waals surface area contributed by atoms with Crippen molar-refractivity contribution in [1.82, 2.24) is 0 Å². The third kappa shape index (κ3) is 3.50. The monoisotopic (exact) mass is 282 g/mol. The molecule has 1 atom stereocenters. The van der Waals surface area contributed by atoms with E-state index in [1.807, 2.05) is 0 Å². The lowest BCUT2D eigenvalue weighted by Gasteiger charge is -2.11. The molecule has 1 aromatic rings. The highest BCUT2D eigenvalue weighted by atomic mass is 79.9. The molecular formula is C10H10BrF3O. The second kappa shape index (κ2) is 4.53. The van der Waals surface area contributed by atoms with Gasteiger partial charge in [0, 0.05) is 4.47 Å². The van der Waals surface area contributed by atoms with Crippen LogP contribution >= 0.6 is 15.9 Å². The normalized spacial score (nSPS) is 14.0. The Kier molecular flexibility index (Phi) is 3.78. The van der Waals surface area contributed by atoms with Crippen molar-refractivity contribution in [3.63, 3.8) is 0 Å². The zero-order valence-corrected chi connectivity index (χ0v) is 9.56. The second-order valence-electron chi connectivity index (χ2n) is 3.36. The van der Waals surface area contributed by atoms with E-state index in [0.29, 0.717) is 10.0 Å². The largest absolute Gasteiger partial charge is 0.416 e. The first-order valence-electron chi connectivity index (χ1n) is 4.34. The van der Waals surface area contributed by atoms with E-state index in [1.54, 1.807) is 0 Å². The molecule has 84 valence electrons. The molecule has 0 bridgehead atoms. The van der Waals surface area contributed by atoms with Crippen molar-refractivity contribution in [2.75, 3.05) is 0 Å². The number of benzene rings is 1. The third-order valence-electron chi connectivity index (χ3n) is 1.89. The van der Waals surface area contributed by atoms with Gasteiger partial charge in [-0.3, -0.25) is 0 Å². The van der Waals surface area contributed by atoms with Crippen molar-refractivity contribution in [2.45, 2.75) is 25.6 Å². The smallest absolute Gasteiger partial charge is 0.393 e. The highest BCUT2D eigenvalue weighted by molar-refractivity contribution is 9.10. The molecule has 15 heavy (non-hydrogen) atoms. The molecular weight excluding hydrogens is 273 g/mol. The molecule has 5 heteroatoms. The summed E-state index contributed by atoms with van der Waals surface area (Å²) in [5, 5.41) is 9.12. The van der Waals surface area contributed by atoms with Gasteiger partial charge in [-0.05, 0) is 37.1 Å². The van der Waals surface area contributed by atoms with Crippen molar-refractivity contribution < 1.29 is 18.3 Å². The van der Waals surface area contributed by atoms with Crippen molar-refractivity contribution in [3.8, 4) is 0 Å². The molecule has 1 aromatic carbocycles. The summed E-state index contributed by atoms with van der Waals surface area (Å²) in [6.45, 7) is 1.53. The van der Waals surface area contributed by atoms with E-state index in [1.165, 1.54) is 13.0 Å². The first-order valence-corrected chi connectivity index (χ1v) is 5.13. The summed E-state index contributed by atoms with van der Waals surface area (Å²) in [6, 6.07) is 3.41. The van der Waals surface area contributed by atoms with Crippen molar-refractivity contribution in [2.24, 2.45) is 0 Å². The van der Waals surface area contributed by atoms with Gasteiger partial charge < -0.3 is 5.11 Å². The van der Waals surface area contributed by atoms with Gasteiger partial charge in [0.25, 0.3) is 0 Å². The summed E-state index contributed by atoms with van der Waals surface area (Å²) >= 11 is 3.15. The minimum Gasteiger partial charge on any atom is -0.393 e. The first-order chi connectivity index (χ1) is 6.80. The lowest BCUT2D eigenvalue weighted by atomic mass is 10.1. The molecule has 0 saturated carbocycles. The fraction of sp³-hybridized carbons (Fsp3) is 0.400. The van der Waals surface area contributed by atoms with E-state index in [4.69, 9.17) is 5.11 Å². The molecule has 0 spiro atoms. The Morgan fingerprint density at radius 3 is 2.47 bits per heavy atom. The van der Waals surface area contributed by atoms with Gasteiger partial charge in [-0.25, -0.2) is 0 Å². The molecule has 0 saturated heterocycles. The Hall–Kier alpha value is -0.550. The number of aliphatic hydroxyl groups is 1. The van der Waals surface area contributed by atoms with Crippen LogP contribution in [0.1, 0.15) is 18.1 Å². The highest BCUT2D eigenvalue weighted by Crippen LogP contribution is 2.32. The summed E-state index contributed by atoms with van der Waals surface area (Å²) in [7, 11) is 0. The zero-order chi connectivity index (χ0) is 11.6. The van der Waals surface area contributed by atoms with Gasteiger partial charge >= 0.3 is 6.18 Å². The molecule has 0 aliphatic heterocycles. The van der Waals surface area contributed by atoms with Gasteiger partial charge in [-0.1, -0.05) is 15.9 Å². The maximum atomic E-state index is 12.4. The lowest BCUT2D eigenvalue weighted by Crippen LogP contribution is -2.09. The van der Waals surface area contributed by atoms with Gasteiger partial charge in [0.15, 0.2) is 0 Å². The molecule has 1 unspecified atom stereocenters. The Morgan fingerprint density at radius 1 is 1.40 bits per heavy atom. The van der Waals surface area contributed by atoms with Crippen LogP contribution in [0.15, 0.2) is 22.7 Å². The van der Waals surface area contributed by atoms with Crippen LogP contribution in [0, 0.1) is 0 Å². The summed E-state index contributed by atoms with van der Waals surface area (Å²) in [5.74, 6) is 0. The van der Waals surface area contributed by atoms with Crippen LogP contribution in [0.5, 0.6) is 0 Å². The van der Waals surface area contributed by atoms with Crippen LogP contribution in [0.25, 0.3) is 0 Å². The molecule has 0 heterocycles. The van der Waals surface area contributed by atoms with Gasteiger partial charge in [0.05, 0.1) is 11.7 Å². The maximum absolute atomic E-state index is 12.4. The first kappa shape index (κ1) is 12.5. The van der Waals surface area contributed by atoms with Gasteiger partial charge in [-0.15, -0.1) is 0 Å². The molecule has 0 aromatic heterocycles. The molecule has 0 aliphatic rings. The SMILES string of the molecule is CC(O)Cc1cc(C(F)(F)F)ccc1Br. The molecule has 0 amide bonds. The molecule has 1 N–H and O–H groups in total. The van der Waals surface area contributed by atoms with Crippen LogP contribution in [-0.4, -0.2) is 11.2 Å². The lowest BCUT2D eigenvalue weighted by molar-refractivity contribution is -0.137. The summed E-state index contributed by atoms with van der Waals surface area (Å²) in [5.41, 5.74) is -0.235. The van der Waals surface area contributed by atoms with Crippen LogP contribution in [-0.2, 0) is 12.6 Å². The highest BCUT2D eigenvalue weighted by Gasteiger charge is 2.30. The molecule has 0 aliphatic carbocycles. The Labute approximate surface area is 94.0 Å². The van der Waals surface area contributed by atoms with Crippen LogP contribution < -0.4 is 0 Å². The second-order valence-corrected chi connectivity index (χ2v) is 4.21. The van der Waals surface area contributed by atoms with Crippen LogP contribution in [0.2, 0.25) is 0 Å². The summed E-state index contributed by atoms with van der Waals surface area (Å²) in [4.78, 5) is 0. The Bertz CT molecular complexity index is 347. The minimum absolute atomic E-state index is 0.199. The van der Waals surface area contributed by atoms with Crippen LogP contribution in [0.3, 0.4) is 0 Å². The number of rotatable bonds is 2. The maximum Gasteiger partial charge on any atom is 0.416 e. The molecule has 1 rings (SSSR count). The van der Waals surface area contributed by atoms with Gasteiger partial charge in [0.2, 0.25) is 0 Å². The number of hydrogen-bond donors (Lipinski definition) is 1. The summed E-state index contributed by atoms with van der Waals surface area (Å²) in [6.07, 6.45) is -4.80. The van der Waals surface area contributed by atoms with Gasteiger partial charge in [-0.2, -0.15) is 13.2 Å². The predicted octanol–water partition coefficient (Wildman–Crippen LogP) is 3.39. The topological polar surface area (TPSA) is 20.2 Å². The van der Waals surface area contributed by atoms with Crippen LogP contribution in [0.4, 0.5) is 13.2 Å². The standard InChI is InChI=1S/C10H10BrF3O/c1-6(15)4-7-5-8(10(12,13)14)2-3-9(7)11/h2-3,5-6,15H,4H2,1H3. The van der Waals surface area contributed by atoms with Crippen molar-refractivity contribution in [1.29, 1.82) is 0 Å². The fourth-order valence-corrected chi connectivity index (χ4v) is 1.63. The van der Waals surface area contributed by atoms with E-state index in [0.717, 1.165) is 12.1 Å². The summed E-state index contributed by atoms with van der Waals surface area (Å²) < 4.78 is 37.7. The average molecular weight is 283 g/mol. The molecule has 0 fully saturated rings. The van der Waals surface area contributed by atoms with E-state index >= 15 is 0 Å². The van der Waals surface area contributed by atoms with E-state index < -0.39 is 17.8 Å². The molecule has 0 radical (unpaired) electrons. The average Bonchev–Trinajstić information content (AvgIpc) is 2.06. The van der Waals surface area contributed by atoms with E-state index in [-0.39, 0.29) is 6.42 Å². The van der Waals surface area contributed by atoms with Gasteiger partial charge in [0.1, 0.15) is 0 Å². The third-order valence-corrected chi connectivity index (χ3v) is 2.66. The molecule has 1 nitrogen and oxygen atoms in total. The van der Waals surface area contributed by atoms with Crippen molar-refractivity contribution in [3.05, 3.63) is 33.8 Å². The minimum atomic E-state index is -4.34. The number of aliphatic hydroxyl groups excluding tert-OH is 1. The Morgan fingerprint density at radius 2 is 2.00 bits per heavy atom. The zero-order valence-electron chi connectivity index (χ0n) is 7.98.